The summed E-state index contributed by atoms with van der Waals surface area (Å²) in [6, 6.07) is 4.41. The molecular formula is C19H25N3O5. The topological polar surface area (TPSA) is 119 Å². The summed E-state index contributed by atoms with van der Waals surface area (Å²) < 4.78 is 0. The maximum Gasteiger partial charge on any atom is 0.326 e. The van der Waals surface area contributed by atoms with Gasteiger partial charge in [0.1, 0.15) is 17.8 Å². The molecule has 2 aliphatic rings. The lowest BCUT2D eigenvalue weighted by Gasteiger charge is -2.28. The van der Waals surface area contributed by atoms with E-state index in [0.717, 1.165) is 18.5 Å². The third-order valence-corrected chi connectivity index (χ3v) is 5.19. The summed E-state index contributed by atoms with van der Waals surface area (Å²) in [5.41, 5.74) is 0.775. The van der Waals surface area contributed by atoms with Gasteiger partial charge in [-0.3, -0.25) is 9.59 Å². The molecule has 2 saturated heterocycles. The van der Waals surface area contributed by atoms with E-state index in [-0.39, 0.29) is 30.0 Å². The van der Waals surface area contributed by atoms with Crippen molar-refractivity contribution >= 4 is 17.8 Å². The molecule has 0 saturated carbocycles. The second kappa shape index (κ2) is 8.39. The predicted octanol–water partition coefficient (Wildman–Crippen LogP) is 0.247. The van der Waals surface area contributed by atoms with Crippen LogP contribution in [-0.4, -0.2) is 64.1 Å². The number of carboxylic acid groups (broad SMARTS) is 1. The van der Waals surface area contributed by atoms with E-state index in [1.54, 1.807) is 12.1 Å². The van der Waals surface area contributed by atoms with Gasteiger partial charge in [-0.1, -0.05) is 12.1 Å². The minimum atomic E-state index is -1.02. The highest BCUT2D eigenvalue weighted by atomic mass is 16.4. The molecule has 8 nitrogen and oxygen atoms in total. The molecule has 0 spiro atoms. The Hall–Kier alpha value is -2.61. The smallest absolute Gasteiger partial charge is 0.326 e. The molecule has 1 aromatic carbocycles. The lowest BCUT2D eigenvalue weighted by molar-refractivity contribution is -0.149. The van der Waals surface area contributed by atoms with E-state index in [1.807, 2.05) is 0 Å². The van der Waals surface area contributed by atoms with E-state index in [4.69, 9.17) is 0 Å². The number of aliphatic carboxylic acids is 1. The summed E-state index contributed by atoms with van der Waals surface area (Å²) >= 11 is 0. The van der Waals surface area contributed by atoms with E-state index in [0.29, 0.717) is 25.8 Å². The third-order valence-electron chi connectivity index (χ3n) is 5.19. The number of hydrogen-bond donors (Lipinski definition) is 4. The van der Waals surface area contributed by atoms with Gasteiger partial charge >= 0.3 is 5.97 Å². The molecule has 8 heteroatoms. The zero-order valence-corrected chi connectivity index (χ0v) is 15.1. The van der Waals surface area contributed by atoms with Gasteiger partial charge in [0.15, 0.2) is 0 Å². The molecule has 0 bridgehead atoms. The number of carbonyl (C=O) groups excluding carboxylic acids is 2. The standard InChI is InChI=1S/C19H25N3O5/c23-13-7-5-12(6-8-13)11-15(21-17(24)14-3-1-9-20-14)18(25)22-10-2-4-16(22)19(26)27/h5-8,14-16,20,23H,1-4,9-11H2,(H,21,24)(H,26,27)/t14-,15-,16-/m0/s1. The fraction of sp³-hybridized carbons (Fsp3) is 0.526. The highest BCUT2D eigenvalue weighted by molar-refractivity contribution is 5.92. The number of hydrogen-bond acceptors (Lipinski definition) is 5. The molecule has 2 amide bonds. The number of nitrogens with zero attached hydrogens (tertiary/aromatic N) is 1. The van der Waals surface area contributed by atoms with Gasteiger partial charge in [0.05, 0.1) is 6.04 Å². The fourth-order valence-corrected chi connectivity index (χ4v) is 3.74. The van der Waals surface area contributed by atoms with Crippen LogP contribution in [-0.2, 0) is 20.8 Å². The summed E-state index contributed by atoms with van der Waals surface area (Å²) in [6.07, 6.45) is 2.91. The Bertz CT molecular complexity index is 700. The quantitative estimate of drug-likeness (QED) is 0.566. The average Bonchev–Trinajstić information content (AvgIpc) is 3.34. The van der Waals surface area contributed by atoms with Crippen LogP contribution in [0.1, 0.15) is 31.2 Å². The van der Waals surface area contributed by atoms with Gasteiger partial charge in [-0.15, -0.1) is 0 Å². The minimum absolute atomic E-state index is 0.117. The number of aromatic hydroxyl groups is 1. The Morgan fingerprint density at radius 2 is 1.93 bits per heavy atom. The number of nitrogens with one attached hydrogen (secondary N) is 2. The zero-order valence-electron chi connectivity index (χ0n) is 15.1. The Morgan fingerprint density at radius 3 is 2.56 bits per heavy atom. The van der Waals surface area contributed by atoms with Gasteiger partial charge in [0.25, 0.3) is 0 Å². The van der Waals surface area contributed by atoms with Crippen LogP contribution in [0.15, 0.2) is 24.3 Å². The van der Waals surface area contributed by atoms with Crippen molar-refractivity contribution in [1.82, 2.24) is 15.5 Å². The molecule has 0 aromatic heterocycles. The number of amides is 2. The molecule has 0 radical (unpaired) electrons. The highest BCUT2D eigenvalue weighted by Crippen LogP contribution is 2.20. The molecule has 4 N–H and O–H groups in total. The Balaban J connectivity index is 1.77. The van der Waals surface area contributed by atoms with Crippen LogP contribution in [0.4, 0.5) is 0 Å². The van der Waals surface area contributed by atoms with Crippen LogP contribution in [0, 0.1) is 0 Å². The van der Waals surface area contributed by atoms with E-state index in [9.17, 15) is 24.6 Å². The van der Waals surface area contributed by atoms with Gasteiger partial charge in [0.2, 0.25) is 11.8 Å². The first kappa shape index (κ1) is 19.2. The molecule has 0 aliphatic carbocycles. The summed E-state index contributed by atoms with van der Waals surface area (Å²) in [5, 5.41) is 24.7. The van der Waals surface area contributed by atoms with Crippen molar-refractivity contribution in [3.63, 3.8) is 0 Å². The van der Waals surface area contributed by atoms with Gasteiger partial charge in [-0.2, -0.15) is 0 Å². The number of carbonyl (C=O) groups is 3. The van der Waals surface area contributed by atoms with Gasteiger partial charge in [-0.25, -0.2) is 4.79 Å². The molecule has 3 rings (SSSR count). The van der Waals surface area contributed by atoms with Crippen LogP contribution in [0.3, 0.4) is 0 Å². The normalized spacial score (nSPS) is 23.2. The first-order chi connectivity index (χ1) is 13.0. The van der Waals surface area contributed by atoms with Gasteiger partial charge in [-0.05, 0) is 49.9 Å². The van der Waals surface area contributed by atoms with Gasteiger partial charge < -0.3 is 25.7 Å². The van der Waals surface area contributed by atoms with Crippen molar-refractivity contribution in [2.75, 3.05) is 13.1 Å². The Kier molecular flexibility index (Phi) is 5.95. The summed E-state index contributed by atoms with van der Waals surface area (Å²) in [4.78, 5) is 38.4. The van der Waals surface area contributed by atoms with Crippen molar-refractivity contribution in [1.29, 1.82) is 0 Å². The zero-order chi connectivity index (χ0) is 19.4. The second-order valence-electron chi connectivity index (χ2n) is 7.11. The SMILES string of the molecule is O=C(N[C@@H](Cc1ccc(O)cc1)C(=O)N1CCC[C@H]1C(=O)O)[C@@H]1CCCN1. The summed E-state index contributed by atoms with van der Waals surface area (Å²) in [5.74, 6) is -1.52. The number of phenols is 1. The first-order valence-corrected chi connectivity index (χ1v) is 9.30. The largest absolute Gasteiger partial charge is 0.508 e. The first-order valence-electron chi connectivity index (χ1n) is 9.30. The Labute approximate surface area is 157 Å². The molecule has 2 fully saturated rings. The second-order valence-corrected chi connectivity index (χ2v) is 7.11. The number of benzene rings is 1. The Morgan fingerprint density at radius 1 is 1.19 bits per heavy atom. The van der Waals surface area contributed by atoms with E-state index >= 15 is 0 Å². The molecule has 3 atom stereocenters. The predicted molar refractivity (Wildman–Crippen MR) is 97.1 cm³/mol. The van der Waals surface area contributed by atoms with Crippen LogP contribution in [0.25, 0.3) is 0 Å². The molecule has 2 aliphatic heterocycles. The van der Waals surface area contributed by atoms with Gasteiger partial charge in [0, 0.05) is 13.0 Å². The summed E-state index contributed by atoms with van der Waals surface area (Å²) in [7, 11) is 0. The highest BCUT2D eigenvalue weighted by Gasteiger charge is 2.38. The van der Waals surface area contributed by atoms with Crippen molar-refractivity contribution in [2.24, 2.45) is 0 Å². The minimum Gasteiger partial charge on any atom is -0.508 e. The molecule has 27 heavy (non-hydrogen) atoms. The number of phenolic OH excluding ortho intramolecular Hbond substituents is 1. The maximum absolute atomic E-state index is 13.1. The van der Waals surface area contributed by atoms with E-state index in [1.165, 1.54) is 17.0 Å². The number of rotatable bonds is 6. The number of likely N-dealkylation sites (tertiary alicyclic amines) is 1. The van der Waals surface area contributed by atoms with Crippen LogP contribution < -0.4 is 10.6 Å². The van der Waals surface area contributed by atoms with Crippen LogP contribution in [0.5, 0.6) is 5.75 Å². The van der Waals surface area contributed by atoms with Crippen molar-refractivity contribution in [3.8, 4) is 5.75 Å². The molecule has 1 aromatic rings. The molecule has 146 valence electrons. The summed E-state index contributed by atoms with van der Waals surface area (Å²) in [6.45, 7) is 1.14. The lowest BCUT2D eigenvalue weighted by Crippen LogP contribution is -2.55. The third kappa shape index (κ3) is 4.57. The number of carboxylic acids is 1. The van der Waals surface area contributed by atoms with E-state index in [2.05, 4.69) is 10.6 Å². The molecular weight excluding hydrogens is 350 g/mol. The fourth-order valence-electron chi connectivity index (χ4n) is 3.74. The van der Waals surface area contributed by atoms with E-state index < -0.39 is 18.1 Å². The van der Waals surface area contributed by atoms with Crippen molar-refractivity contribution in [2.45, 2.75) is 50.2 Å². The molecule has 2 heterocycles. The lowest BCUT2D eigenvalue weighted by atomic mass is 10.0. The van der Waals surface area contributed by atoms with Crippen molar-refractivity contribution in [3.05, 3.63) is 29.8 Å². The monoisotopic (exact) mass is 375 g/mol. The maximum atomic E-state index is 13.1. The van der Waals surface area contributed by atoms with Crippen LogP contribution >= 0.6 is 0 Å². The van der Waals surface area contributed by atoms with Crippen molar-refractivity contribution < 1.29 is 24.6 Å². The average molecular weight is 375 g/mol. The molecule has 0 unspecified atom stereocenters. The van der Waals surface area contributed by atoms with Crippen LogP contribution in [0.2, 0.25) is 0 Å².